The van der Waals surface area contributed by atoms with E-state index < -0.39 is 31.2 Å². The summed E-state index contributed by atoms with van der Waals surface area (Å²) in [5.41, 5.74) is -1.06. The van der Waals surface area contributed by atoms with E-state index in [0.29, 0.717) is 18.6 Å². The number of aromatic amines is 1. The molecule has 1 saturated heterocycles. The molecule has 1 aliphatic heterocycles. The van der Waals surface area contributed by atoms with Gasteiger partial charge in [0.1, 0.15) is 0 Å². The molecule has 1 aromatic rings. The monoisotopic (exact) mass is 288 g/mol. The van der Waals surface area contributed by atoms with Gasteiger partial charge in [-0.1, -0.05) is 0 Å². The SMILES string of the molecule is O=c1ccn([C@H]2CC/C(=C/CP(=O)(O)O)O2)c(=O)[nH]1. The topological polar surface area (TPSA) is 122 Å². The van der Waals surface area contributed by atoms with Crippen LogP contribution in [0.3, 0.4) is 0 Å². The maximum Gasteiger partial charge on any atom is 0.331 e. The zero-order valence-electron chi connectivity index (χ0n) is 9.85. The molecule has 104 valence electrons. The highest BCUT2D eigenvalue weighted by atomic mass is 31.2. The Morgan fingerprint density at radius 1 is 1.53 bits per heavy atom. The van der Waals surface area contributed by atoms with Crippen molar-refractivity contribution in [3.8, 4) is 0 Å². The summed E-state index contributed by atoms with van der Waals surface area (Å²) >= 11 is 0. The van der Waals surface area contributed by atoms with E-state index in [9.17, 15) is 14.2 Å². The van der Waals surface area contributed by atoms with Gasteiger partial charge in [-0.2, -0.15) is 0 Å². The number of allylic oxidation sites excluding steroid dienone is 2. The predicted molar refractivity (Wildman–Crippen MR) is 65.7 cm³/mol. The Morgan fingerprint density at radius 2 is 2.26 bits per heavy atom. The average molecular weight is 288 g/mol. The van der Waals surface area contributed by atoms with Crippen molar-refractivity contribution >= 4 is 7.60 Å². The van der Waals surface area contributed by atoms with Crippen LogP contribution < -0.4 is 11.2 Å². The number of aromatic nitrogens is 2. The van der Waals surface area contributed by atoms with E-state index in [0.717, 1.165) is 0 Å². The van der Waals surface area contributed by atoms with Crippen LogP contribution in [0.2, 0.25) is 0 Å². The fourth-order valence-corrected chi connectivity index (χ4v) is 2.22. The summed E-state index contributed by atoms with van der Waals surface area (Å²) < 4.78 is 17.4. The van der Waals surface area contributed by atoms with Gasteiger partial charge in [0.2, 0.25) is 0 Å². The first-order valence-electron chi connectivity index (χ1n) is 5.57. The van der Waals surface area contributed by atoms with Crippen molar-refractivity contribution in [3.63, 3.8) is 0 Å². The second kappa shape index (κ2) is 5.16. The molecule has 8 nitrogen and oxygen atoms in total. The minimum atomic E-state index is -4.10. The molecule has 1 aliphatic rings. The molecule has 1 aromatic heterocycles. The number of hydrogen-bond acceptors (Lipinski definition) is 4. The molecule has 3 N–H and O–H groups in total. The highest BCUT2D eigenvalue weighted by Crippen LogP contribution is 2.36. The summed E-state index contributed by atoms with van der Waals surface area (Å²) in [5, 5.41) is 0. The van der Waals surface area contributed by atoms with Crippen LogP contribution in [0.25, 0.3) is 0 Å². The fourth-order valence-electron chi connectivity index (χ4n) is 1.78. The third-order valence-corrected chi connectivity index (χ3v) is 3.30. The molecule has 2 rings (SSSR count). The van der Waals surface area contributed by atoms with E-state index in [2.05, 4.69) is 4.98 Å². The van der Waals surface area contributed by atoms with Crippen LogP contribution in [0.5, 0.6) is 0 Å². The van der Waals surface area contributed by atoms with Gasteiger partial charge in [0, 0.05) is 25.1 Å². The van der Waals surface area contributed by atoms with Crippen LogP contribution in [0.4, 0.5) is 0 Å². The Bertz CT molecular complexity index is 654. The number of H-pyrrole nitrogens is 1. The van der Waals surface area contributed by atoms with Gasteiger partial charge < -0.3 is 14.5 Å². The molecular weight excluding hydrogens is 275 g/mol. The molecule has 0 aromatic carbocycles. The lowest BCUT2D eigenvalue weighted by Gasteiger charge is -2.13. The summed E-state index contributed by atoms with van der Waals surface area (Å²) in [4.78, 5) is 42.1. The highest BCUT2D eigenvalue weighted by Gasteiger charge is 2.24. The van der Waals surface area contributed by atoms with Crippen LogP contribution in [-0.2, 0) is 9.30 Å². The molecule has 0 saturated carbocycles. The standard InChI is InChI=1S/C10H13N2O6P/c13-8-3-5-12(10(14)11-8)9-2-1-7(18-9)4-6-19(15,16)17/h3-5,9H,1-2,6H2,(H,11,13,14)(H2,15,16,17)/b7-4-/t9-/m1/s1. The zero-order valence-corrected chi connectivity index (χ0v) is 10.7. The van der Waals surface area contributed by atoms with Gasteiger partial charge in [0.15, 0.2) is 6.23 Å². The molecule has 2 heterocycles. The van der Waals surface area contributed by atoms with Crippen LogP contribution in [0, 0.1) is 0 Å². The molecule has 9 heteroatoms. The number of nitrogens with zero attached hydrogens (tertiary/aromatic N) is 1. The molecule has 0 spiro atoms. The number of hydrogen-bond donors (Lipinski definition) is 3. The molecular formula is C10H13N2O6P. The lowest BCUT2D eigenvalue weighted by molar-refractivity contribution is 0.0927. The highest BCUT2D eigenvalue weighted by molar-refractivity contribution is 7.51. The predicted octanol–water partition coefficient (Wildman–Crippen LogP) is -0.0928. The second-order valence-corrected chi connectivity index (χ2v) is 5.84. The van der Waals surface area contributed by atoms with Crippen LogP contribution in [0.1, 0.15) is 19.1 Å². The van der Waals surface area contributed by atoms with Crippen molar-refractivity contribution in [3.05, 3.63) is 44.9 Å². The minimum Gasteiger partial charge on any atom is -0.475 e. The number of ether oxygens (including phenoxy) is 1. The van der Waals surface area contributed by atoms with E-state index in [1.807, 2.05) is 0 Å². The molecule has 0 radical (unpaired) electrons. The maximum absolute atomic E-state index is 11.5. The van der Waals surface area contributed by atoms with Crippen LogP contribution in [0.15, 0.2) is 33.7 Å². The molecule has 1 atom stereocenters. The summed E-state index contributed by atoms with van der Waals surface area (Å²) in [6.45, 7) is 0. The second-order valence-electron chi connectivity index (χ2n) is 4.15. The first-order valence-corrected chi connectivity index (χ1v) is 7.37. The lowest BCUT2D eigenvalue weighted by Crippen LogP contribution is -2.31. The molecule has 0 aliphatic carbocycles. The third-order valence-electron chi connectivity index (χ3n) is 2.64. The van der Waals surface area contributed by atoms with Crippen molar-refractivity contribution in [2.45, 2.75) is 19.1 Å². The molecule has 0 amide bonds. The van der Waals surface area contributed by atoms with Gasteiger partial charge >= 0.3 is 13.3 Å². The normalized spacial score (nSPS) is 21.6. The summed E-state index contributed by atoms with van der Waals surface area (Å²) in [5.74, 6) is 0.437. The largest absolute Gasteiger partial charge is 0.475 e. The van der Waals surface area contributed by atoms with Gasteiger partial charge in [0.25, 0.3) is 5.56 Å². The van der Waals surface area contributed by atoms with Gasteiger partial charge in [0.05, 0.1) is 11.9 Å². The first-order chi connectivity index (χ1) is 8.85. The van der Waals surface area contributed by atoms with Crippen molar-refractivity contribution in [2.75, 3.05) is 6.16 Å². The first kappa shape index (κ1) is 13.8. The smallest absolute Gasteiger partial charge is 0.331 e. The molecule has 0 unspecified atom stereocenters. The Hall–Kier alpha value is -1.63. The van der Waals surface area contributed by atoms with Gasteiger partial charge in [-0.05, 0) is 6.08 Å². The minimum absolute atomic E-state index is 0.393. The Morgan fingerprint density at radius 3 is 2.89 bits per heavy atom. The van der Waals surface area contributed by atoms with E-state index >= 15 is 0 Å². The van der Waals surface area contributed by atoms with E-state index in [4.69, 9.17) is 14.5 Å². The molecule has 19 heavy (non-hydrogen) atoms. The summed E-state index contributed by atoms with van der Waals surface area (Å²) in [7, 11) is -4.10. The van der Waals surface area contributed by atoms with E-state index in [-0.39, 0.29) is 0 Å². The number of nitrogens with one attached hydrogen (secondary N) is 1. The van der Waals surface area contributed by atoms with Gasteiger partial charge in [-0.25, -0.2) is 4.79 Å². The van der Waals surface area contributed by atoms with Crippen molar-refractivity contribution in [2.24, 2.45) is 0 Å². The molecule has 1 fully saturated rings. The van der Waals surface area contributed by atoms with Crippen LogP contribution in [-0.4, -0.2) is 25.5 Å². The van der Waals surface area contributed by atoms with Gasteiger partial charge in [-0.3, -0.25) is 18.9 Å². The Labute approximate surface area is 107 Å². The Kier molecular flexibility index (Phi) is 3.75. The quantitative estimate of drug-likeness (QED) is 0.668. The number of rotatable bonds is 3. The Balaban J connectivity index is 2.12. The fraction of sp³-hybridized carbons (Fsp3) is 0.400. The molecule has 0 bridgehead atoms. The summed E-state index contributed by atoms with van der Waals surface area (Å²) in [6, 6.07) is 1.21. The van der Waals surface area contributed by atoms with Crippen LogP contribution >= 0.6 is 7.60 Å². The van der Waals surface area contributed by atoms with Crippen molar-refractivity contribution in [1.82, 2.24) is 9.55 Å². The third kappa shape index (κ3) is 3.66. The van der Waals surface area contributed by atoms with E-state index in [1.165, 1.54) is 22.9 Å². The lowest BCUT2D eigenvalue weighted by atomic mass is 10.3. The maximum atomic E-state index is 11.5. The zero-order chi connectivity index (χ0) is 14.0. The van der Waals surface area contributed by atoms with Crippen molar-refractivity contribution in [1.29, 1.82) is 0 Å². The van der Waals surface area contributed by atoms with E-state index in [1.54, 1.807) is 0 Å². The van der Waals surface area contributed by atoms with Crippen molar-refractivity contribution < 1.29 is 19.1 Å². The average Bonchev–Trinajstić information content (AvgIpc) is 2.74. The van der Waals surface area contributed by atoms with Gasteiger partial charge in [-0.15, -0.1) is 0 Å². The summed E-state index contributed by atoms with van der Waals surface area (Å²) in [6.07, 6.45) is 2.69.